The minimum absolute atomic E-state index is 0.195. The van der Waals surface area contributed by atoms with Crippen LogP contribution in [0.2, 0.25) is 0 Å². The fraction of sp³-hybridized carbons (Fsp3) is 0.909. The lowest BCUT2D eigenvalue weighted by Crippen LogP contribution is -2.20. The highest BCUT2D eigenvalue weighted by atomic mass is 16.1. The second-order valence-corrected chi connectivity index (χ2v) is 4.47. The van der Waals surface area contributed by atoms with Crippen LogP contribution in [0, 0.1) is 11.3 Å². The second-order valence-electron chi connectivity index (χ2n) is 4.47. The molecule has 0 aromatic rings. The van der Waals surface area contributed by atoms with Gasteiger partial charge in [-0.05, 0) is 11.8 Å². The summed E-state index contributed by atoms with van der Waals surface area (Å²) in [6.07, 6.45) is 2.78. The maximum atomic E-state index is 11.5. The average molecular weight is 170 g/mol. The van der Waals surface area contributed by atoms with E-state index in [9.17, 15) is 4.79 Å². The van der Waals surface area contributed by atoms with E-state index in [2.05, 4.69) is 27.7 Å². The Kier molecular flexibility index (Phi) is 4.51. The third kappa shape index (κ3) is 3.89. The molecule has 0 saturated carbocycles. The number of ketones is 1. The third-order valence-electron chi connectivity index (χ3n) is 2.77. The molecule has 12 heavy (non-hydrogen) atoms. The first kappa shape index (κ1) is 11.7. The van der Waals surface area contributed by atoms with E-state index in [1.54, 1.807) is 0 Å². The van der Waals surface area contributed by atoms with Gasteiger partial charge in [0.05, 0.1) is 0 Å². The average Bonchev–Trinajstić information content (AvgIpc) is 2.02. The quantitative estimate of drug-likeness (QED) is 0.618. The van der Waals surface area contributed by atoms with Gasteiger partial charge in [0.15, 0.2) is 0 Å². The summed E-state index contributed by atoms with van der Waals surface area (Å²) in [5, 5.41) is 0. The lowest BCUT2D eigenvalue weighted by molar-refractivity contribution is -0.124. The number of Topliss-reactive ketones (excluding diaryl/α,β-unsaturated/α-hetero) is 1. The summed E-state index contributed by atoms with van der Waals surface area (Å²) in [5.41, 5.74) is 0.195. The monoisotopic (exact) mass is 170 g/mol. The Morgan fingerprint density at radius 3 is 2.17 bits per heavy atom. The predicted molar refractivity (Wildman–Crippen MR) is 53.2 cm³/mol. The molecule has 0 rings (SSSR count). The molecular weight excluding hydrogens is 148 g/mol. The Morgan fingerprint density at radius 2 is 1.83 bits per heavy atom. The largest absolute Gasteiger partial charge is 0.299 e. The highest BCUT2D eigenvalue weighted by Gasteiger charge is 2.22. The van der Waals surface area contributed by atoms with Crippen molar-refractivity contribution in [2.75, 3.05) is 0 Å². The van der Waals surface area contributed by atoms with Crippen LogP contribution in [0.1, 0.15) is 53.9 Å². The molecule has 0 aliphatic rings. The molecule has 0 bridgehead atoms. The summed E-state index contributed by atoms with van der Waals surface area (Å²) in [6, 6.07) is 0. The molecule has 0 heterocycles. The molecule has 0 N–H and O–H groups in total. The van der Waals surface area contributed by atoms with Crippen LogP contribution >= 0.6 is 0 Å². The molecule has 0 aliphatic heterocycles. The summed E-state index contributed by atoms with van der Waals surface area (Å²) in [7, 11) is 0. The van der Waals surface area contributed by atoms with E-state index in [0.717, 1.165) is 19.3 Å². The van der Waals surface area contributed by atoms with Gasteiger partial charge in [-0.3, -0.25) is 4.79 Å². The molecule has 0 radical (unpaired) electrons. The summed E-state index contributed by atoms with van der Waals surface area (Å²) in [4.78, 5) is 11.5. The molecule has 0 fully saturated rings. The Balaban J connectivity index is 4.00. The van der Waals surface area contributed by atoms with Gasteiger partial charge >= 0.3 is 0 Å². The first-order valence-corrected chi connectivity index (χ1v) is 4.95. The highest BCUT2D eigenvalue weighted by molar-refractivity contribution is 5.81. The molecule has 0 aliphatic carbocycles. The first-order chi connectivity index (χ1) is 5.43. The third-order valence-corrected chi connectivity index (χ3v) is 2.77. The van der Waals surface area contributed by atoms with E-state index in [0.29, 0.717) is 5.78 Å². The van der Waals surface area contributed by atoms with Crippen LogP contribution in [0.15, 0.2) is 0 Å². The van der Waals surface area contributed by atoms with Gasteiger partial charge in [-0.15, -0.1) is 0 Å². The van der Waals surface area contributed by atoms with Gasteiger partial charge in [0.25, 0.3) is 0 Å². The maximum absolute atomic E-state index is 11.5. The summed E-state index contributed by atoms with van der Waals surface area (Å²) < 4.78 is 0. The Labute approximate surface area is 76.6 Å². The topological polar surface area (TPSA) is 17.1 Å². The Hall–Kier alpha value is -0.330. The summed E-state index contributed by atoms with van der Waals surface area (Å²) in [5.74, 6) is 0.667. The standard InChI is InChI=1S/C11H22O/c1-6-9(3)10(12)8-11(4,5)7-2/h9H,6-8H2,1-5H3. The van der Waals surface area contributed by atoms with Crippen molar-refractivity contribution < 1.29 is 4.79 Å². The van der Waals surface area contributed by atoms with Crippen molar-refractivity contribution in [3.05, 3.63) is 0 Å². The number of carbonyl (C=O) groups is 1. The zero-order valence-electron chi connectivity index (χ0n) is 9.11. The van der Waals surface area contributed by atoms with Gasteiger partial charge in [-0.1, -0.05) is 41.0 Å². The van der Waals surface area contributed by atoms with Crippen molar-refractivity contribution in [2.45, 2.75) is 53.9 Å². The number of hydrogen-bond acceptors (Lipinski definition) is 1. The van der Waals surface area contributed by atoms with Crippen LogP contribution in [-0.4, -0.2) is 5.78 Å². The van der Waals surface area contributed by atoms with Gasteiger partial charge < -0.3 is 0 Å². The molecule has 72 valence electrons. The maximum Gasteiger partial charge on any atom is 0.136 e. The SMILES string of the molecule is CCC(C)C(=O)CC(C)(C)CC. The fourth-order valence-corrected chi connectivity index (χ4v) is 0.999. The van der Waals surface area contributed by atoms with Crippen LogP contribution in [0.4, 0.5) is 0 Å². The smallest absolute Gasteiger partial charge is 0.136 e. The molecule has 1 heteroatoms. The lowest BCUT2D eigenvalue weighted by atomic mass is 9.82. The summed E-state index contributed by atoms with van der Waals surface area (Å²) >= 11 is 0. The normalized spacial score (nSPS) is 14.4. The van der Waals surface area contributed by atoms with E-state index in [-0.39, 0.29) is 11.3 Å². The molecule has 0 aromatic carbocycles. The van der Waals surface area contributed by atoms with E-state index < -0.39 is 0 Å². The van der Waals surface area contributed by atoms with Crippen molar-refractivity contribution in [1.82, 2.24) is 0 Å². The van der Waals surface area contributed by atoms with Crippen molar-refractivity contribution in [1.29, 1.82) is 0 Å². The van der Waals surface area contributed by atoms with Crippen LogP contribution in [0.3, 0.4) is 0 Å². The Bertz CT molecular complexity index is 147. The van der Waals surface area contributed by atoms with Gasteiger partial charge in [0, 0.05) is 12.3 Å². The molecule has 1 nitrogen and oxygen atoms in total. The van der Waals surface area contributed by atoms with Crippen molar-refractivity contribution >= 4 is 5.78 Å². The van der Waals surface area contributed by atoms with Gasteiger partial charge in [0.1, 0.15) is 5.78 Å². The highest BCUT2D eigenvalue weighted by Crippen LogP contribution is 2.26. The molecule has 0 saturated heterocycles. The minimum atomic E-state index is 0.195. The van der Waals surface area contributed by atoms with E-state index >= 15 is 0 Å². The lowest BCUT2D eigenvalue weighted by Gasteiger charge is -2.22. The minimum Gasteiger partial charge on any atom is -0.299 e. The number of hydrogen-bond donors (Lipinski definition) is 0. The van der Waals surface area contributed by atoms with Crippen LogP contribution in [-0.2, 0) is 4.79 Å². The van der Waals surface area contributed by atoms with Gasteiger partial charge in [-0.2, -0.15) is 0 Å². The van der Waals surface area contributed by atoms with Crippen LogP contribution < -0.4 is 0 Å². The van der Waals surface area contributed by atoms with Crippen molar-refractivity contribution in [3.8, 4) is 0 Å². The van der Waals surface area contributed by atoms with Crippen LogP contribution in [0.25, 0.3) is 0 Å². The van der Waals surface area contributed by atoms with E-state index in [1.807, 2.05) is 6.92 Å². The molecule has 0 amide bonds. The van der Waals surface area contributed by atoms with Crippen LogP contribution in [0.5, 0.6) is 0 Å². The van der Waals surface area contributed by atoms with Gasteiger partial charge in [-0.25, -0.2) is 0 Å². The molecule has 1 atom stereocenters. The van der Waals surface area contributed by atoms with Crippen molar-refractivity contribution in [2.24, 2.45) is 11.3 Å². The van der Waals surface area contributed by atoms with Crippen molar-refractivity contribution in [3.63, 3.8) is 0 Å². The number of carbonyl (C=O) groups excluding carboxylic acids is 1. The second kappa shape index (κ2) is 4.64. The first-order valence-electron chi connectivity index (χ1n) is 4.95. The Morgan fingerprint density at radius 1 is 1.33 bits per heavy atom. The predicted octanol–water partition coefficient (Wildman–Crippen LogP) is 3.43. The zero-order chi connectivity index (χ0) is 9.78. The molecular formula is C11H22O. The molecule has 1 unspecified atom stereocenters. The fourth-order valence-electron chi connectivity index (χ4n) is 0.999. The summed E-state index contributed by atoms with van der Waals surface area (Å²) in [6.45, 7) is 10.6. The zero-order valence-corrected chi connectivity index (χ0v) is 9.11. The van der Waals surface area contributed by atoms with Gasteiger partial charge in [0.2, 0.25) is 0 Å². The number of rotatable bonds is 5. The molecule has 0 aromatic heterocycles. The molecule has 0 spiro atoms. The van der Waals surface area contributed by atoms with E-state index in [4.69, 9.17) is 0 Å². The van der Waals surface area contributed by atoms with E-state index in [1.165, 1.54) is 0 Å².